The molecule has 0 spiro atoms. The number of esters is 1. The van der Waals surface area contributed by atoms with E-state index in [4.69, 9.17) is 9.84 Å². The Hall–Kier alpha value is -0.750. The number of rotatable bonds is 3. The Morgan fingerprint density at radius 1 is 1.77 bits per heavy atom. The summed E-state index contributed by atoms with van der Waals surface area (Å²) in [4.78, 5) is 10.8. The lowest BCUT2D eigenvalue weighted by molar-refractivity contribution is -0.146. The number of aliphatic hydroxyl groups is 2. The molecular formula is C7H9BrO5. The molecule has 1 aliphatic heterocycles. The van der Waals surface area contributed by atoms with Crippen LogP contribution in [-0.4, -0.2) is 40.8 Å². The second-order valence-corrected chi connectivity index (χ2v) is 3.11. The van der Waals surface area contributed by atoms with Crippen molar-refractivity contribution < 1.29 is 24.5 Å². The summed E-state index contributed by atoms with van der Waals surface area (Å²) in [6.45, 7) is 0. The van der Waals surface area contributed by atoms with Gasteiger partial charge in [-0.05, 0) is 0 Å². The number of methoxy groups -OCH3 is 1. The van der Waals surface area contributed by atoms with Crippen molar-refractivity contribution in [1.82, 2.24) is 0 Å². The van der Waals surface area contributed by atoms with Gasteiger partial charge in [0.25, 0.3) is 0 Å². The van der Waals surface area contributed by atoms with Crippen LogP contribution < -0.4 is 0 Å². The number of hydrogen-bond donors (Lipinski definition) is 2. The van der Waals surface area contributed by atoms with Crippen LogP contribution in [0.1, 0.15) is 0 Å². The van der Waals surface area contributed by atoms with Crippen molar-refractivity contribution in [1.29, 1.82) is 0 Å². The van der Waals surface area contributed by atoms with E-state index in [-0.39, 0.29) is 11.1 Å². The highest BCUT2D eigenvalue weighted by Crippen LogP contribution is 2.24. The fraction of sp³-hybridized carbons (Fsp3) is 0.571. The summed E-state index contributed by atoms with van der Waals surface area (Å²) < 4.78 is 9.39. The number of alkyl halides is 1. The Bertz CT molecular complexity index is 249. The van der Waals surface area contributed by atoms with Crippen LogP contribution in [0.3, 0.4) is 0 Å². The molecule has 0 amide bonds. The van der Waals surface area contributed by atoms with Crippen molar-refractivity contribution in [2.24, 2.45) is 0 Å². The van der Waals surface area contributed by atoms with Crippen molar-refractivity contribution in [3.63, 3.8) is 0 Å². The van der Waals surface area contributed by atoms with E-state index in [9.17, 15) is 9.90 Å². The summed E-state index contributed by atoms with van der Waals surface area (Å²) in [5.74, 6) is -1.48. The molecule has 1 aliphatic rings. The first-order valence-corrected chi connectivity index (χ1v) is 4.66. The van der Waals surface area contributed by atoms with Gasteiger partial charge in [0, 0.05) is 5.33 Å². The number of carbonyl (C=O) groups excluding carboxylic acids is 1. The molecule has 0 fully saturated rings. The van der Waals surface area contributed by atoms with Crippen LogP contribution in [0.25, 0.3) is 0 Å². The number of carbonyl (C=O) groups is 1. The molecular weight excluding hydrogens is 244 g/mol. The van der Waals surface area contributed by atoms with Gasteiger partial charge in [0.15, 0.2) is 11.9 Å². The van der Waals surface area contributed by atoms with E-state index >= 15 is 0 Å². The predicted octanol–water partition coefficient (Wildman–Crippen LogP) is 0.0836. The van der Waals surface area contributed by atoms with Gasteiger partial charge in [0.05, 0.1) is 7.11 Å². The van der Waals surface area contributed by atoms with Gasteiger partial charge in [-0.2, -0.15) is 0 Å². The Morgan fingerprint density at radius 3 is 2.85 bits per heavy atom. The topological polar surface area (TPSA) is 76.0 Å². The Balaban J connectivity index is 2.86. The normalized spacial score (nSPS) is 24.5. The molecule has 0 unspecified atom stereocenters. The molecule has 0 aromatic rings. The lowest BCUT2D eigenvalue weighted by atomic mass is 10.2. The van der Waals surface area contributed by atoms with E-state index in [2.05, 4.69) is 20.7 Å². The quantitative estimate of drug-likeness (QED) is 0.550. The van der Waals surface area contributed by atoms with Gasteiger partial charge in [-0.3, -0.25) is 0 Å². The summed E-state index contributed by atoms with van der Waals surface area (Å²) in [6, 6.07) is 0. The Kier molecular flexibility index (Phi) is 3.16. The zero-order valence-corrected chi connectivity index (χ0v) is 8.44. The predicted molar refractivity (Wildman–Crippen MR) is 46.3 cm³/mol. The van der Waals surface area contributed by atoms with Crippen LogP contribution in [-0.2, 0) is 14.3 Å². The number of halogens is 1. The zero-order chi connectivity index (χ0) is 10.0. The minimum atomic E-state index is -0.927. The monoisotopic (exact) mass is 252 g/mol. The second kappa shape index (κ2) is 3.97. The first-order chi connectivity index (χ1) is 6.11. The van der Waals surface area contributed by atoms with E-state index in [1.54, 1.807) is 0 Å². The third-order valence-electron chi connectivity index (χ3n) is 1.65. The van der Waals surface area contributed by atoms with Crippen molar-refractivity contribution in [2.75, 3.05) is 12.4 Å². The molecule has 0 radical (unpaired) electrons. The first kappa shape index (κ1) is 10.3. The molecule has 0 saturated heterocycles. The standard InChI is InChI=1S/C7H9BrO5/c1-12-6-4(10)7(11)13-5(6)3(9)2-8/h3,5,9-10H,2H2,1H3/t3-,5+/m0/s1. The minimum Gasteiger partial charge on any atom is -0.499 e. The maximum atomic E-state index is 10.8. The fourth-order valence-electron chi connectivity index (χ4n) is 1.01. The Labute approximate surface area is 83.1 Å². The van der Waals surface area contributed by atoms with Gasteiger partial charge in [0.2, 0.25) is 5.76 Å². The molecule has 1 rings (SSSR count). The molecule has 0 aromatic carbocycles. The highest BCUT2D eigenvalue weighted by atomic mass is 79.9. The van der Waals surface area contributed by atoms with E-state index in [1.807, 2.05) is 0 Å². The molecule has 5 nitrogen and oxygen atoms in total. The lowest BCUT2D eigenvalue weighted by Crippen LogP contribution is -2.30. The SMILES string of the molecule is COC1=C(O)C(=O)O[C@@H]1[C@@H](O)CBr. The van der Waals surface area contributed by atoms with Crippen molar-refractivity contribution >= 4 is 21.9 Å². The van der Waals surface area contributed by atoms with Gasteiger partial charge in [-0.15, -0.1) is 0 Å². The number of aliphatic hydroxyl groups excluding tert-OH is 2. The van der Waals surface area contributed by atoms with E-state index in [0.717, 1.165) is 0 Å². The van der Waals surface area contributed by atoms with Crippen LogP contribution >= 0.6 is 15.9 Å². The van der Waals surface area contributed by atoms with Crippen molar-refractivity contribution in [2.45, 2.75) is 12.2 Å². The van der Waals surface area contributed by atoms with Crippen molar-refractivity contribution in [3.8, 4) is 0 Å². The molecule has 2 atom stereocenters. The highest BCUT2D eigenvalue weighted by Gasteiger charge is 2.39. The van der Waals surface area contributed by atoms with Crippen molar-refractivity contribution in [3.05, 3.63) is 11.5 Å². The molecule has 1 heterocycles. The second-order valence-electron chi connectivity index (χ2n) is 2.46. The molecule has 0 aromatic heterocycles. The zero-order valence-electron chi connectivity index (χ0n) is 6.86. The summed E-state index contributed by atoms with van der Waals surface area (Å²) in [6.07, 6.45) is -1.85. The Morgan fingerprint density at radius 2 is 2.38 bits per heavy atom. The van der Waals surface area contributed by atoms with Crippen LogP contribution in [0.2, 0.25) is 0 Å². The average molecular weight is 253 g/mol. The molecule has 0 aliphatic carbocycles. The minimum absolute atomic E-state index is 0.0306. The van der Waals surface area contributed by atoms with Crippen LogP contribution in [0, 0.1) is 0 Å². The first-order valence-electron chi connectivity index (χ1n) is 3.54. The number of cyclic esters (lactones) is 1. The molecule has 0 saturated carbocycles. The third kappa shape index (κ3) is 1.78. The van der Waals surface area contributed by atoms with Crippen LogP contribution in [0.15, 0.2) is 11.5 Å². The molecule has 2 N–H and O–H groups in total. The molecule has 13 heavy (non-hydrogen) atoms. The molecule has 74 valence electrons. The maximum Gasteiger partial charge on any atom is 0.378 e. The molecule has 6 heteroatoms. The molecule has 0 bridgehead atoms. The number of ether oxygens (including phenoxy) is 2. The van der Waals surface area contributed by atoms with Crippen LogP contribution in [0.5, 0.6) is 0 Å². The van der Waals surface area contributed by atoms with Gasteiger partial charge in [-0.1, -0.05) is 15.9 Å². The smallest absolute Gasteiger partial charge is 0.378 e. The van der Waals surface area contributed by atoms with Gasteiger partial charge < -0.3 is 19.7 Å². The third-order valence-corrected chi connectivity index (χ3v) is 2.31. The van der Waals surface area contributed by atoms with Gasteiger partial charge >= 0.3 is 5.97 Å². The van der Waals surface area contributed by atoms with E-state index < -0.39 is 23.9 Å². The maximum absolute atomic E-state index is 10.8. The van der Waals surface area contributed by atoms with E-state index in [0.29, 0.717) is 0 Å². The highest BCUT2D eigenvalue weighted by molar-refractivity contribution is 9.09. The van der Waals surface area contributed by atoms with Crippen LogP contribution in [0.4, 0.5) is 0 Å². The largest absolute Gasteiger partial charge is 0.499 e. The average Bonchev–Trinajstić information content (AvgIpc) is 2.42. The number of hydrogen-bond acceptors (Lipinski definition) is 5. The summed E-state index contributed by atoms with van der Waals surface area (Å²) in [5, 5.41) is 18.7. The fourth-order valence-corrected chi connectivity index (χ4v) is 1.35. The van der Waals surface area contributed by atoms with Gasteiger partial charge in [-0.25, -0.2) is 4.79 Å². The summed E-state index contributed by atoms with van der Waals surface area (Å²) in [5.41, 5.74) is 0. The summed E-state index contributed by atoms with van der Waals surface area (Å²) in [7, 11) is 1.29. The summed E-state index contributed by atoms with van der Waals surface area (Å²) >= 11 is 3.02. The van der Waals surface area contributed by atoms with E-state index in [1.165, 1.54) is 7.11 Å². The van der Waals surface area contributed by atoms with Gasteiger partial charge in [0.1, 0.15) is 6.10 Å². The lowest BCUT2D eigenvalue weighted by Gasteiger charge is -2.16.